The van der Waals surface area contributed by atoms with Crippen LogP contribution in [0.25, 0.3) is 11.0 Å². The molecule has 10 heteroatoms. The average molecular weight is 353 g/mol. The van der Waals surface area contributed by atoms with Gasteiger partial charge >= 0.3 is 12.1 Å². The van der Waals surface area contributed by atoms with Crippen LogP contribution < -0.4 is 16.2 Å². The number of carbonyl (C=O) groups excluding carboxylic acids is 3. The number of fused-ring (bicyclic) bond motifs is 1. The summed E-state index contributed by atoms with van der Waals surface area (Å²) >= 11 is 0. The molecule has 0 saturated carbocycles. The number of hydrogen-bond donors (Lipinski definition) is 4. The molecular formula is C16H15N7O3. The molecule has 0 aliphatic rings. The van der Waals surface area contributed by atoms with Crippen LogP contribution in [0.2, 0.25) is 0 Å². The summed E-state index contributed by atoms with van der Waals surface area (Å²) in [4.78, 5) is 37.0. The highest BCUT2D eigenvalue weighted by molar-refractivity contribution is 6.05. The second-order valence-corrected chi connectivity index (χ2v) is 5.27. The van der Waals surface area contributed by atoms with Crippen LogP contribution in [0.3, 0.4) is 0 Å². The summed E-state index contributed by atoms with van der Waals surface area (Å²) in [5.41, 5.74) is 6.26. The molecule has 4 N–H and O–H groups in total. The highest BCUT2D eigenvalue weighted by Crippen LogP contribution is 2.12. The van der Waals surface area contributed by atoms with Crippen molar-refractivity contribution in [2.45, 2.75) is 0 Å². The SMILES string of the molecule is CN(C(=O)NNC(=O)Nc1ccccc1)C(=O)c1ccc2n[nH]nc2c1. The van der Waals surface area contributed by atoms with Gasteiger partial charge in [0.1, 0.15) is 11.0 Å². The van der Waals surface area contributed by atoms with E-state index < -0.39 is 18.0 Å². The molecule has 0 bridgehead atoms. The normalized spacial score (nSPS) is 10.2. The van der Waals surface area contributed by atoms with Gasteiger partial charge in [-0.25, -0.2) is 20.4 Å². The number of aromatic nitrogens is 3. The van der Waals surface area contributed by atoms with Crippen LogP contribution in [0.4, 0.5) is 15.3 Å². The first kappa shape index (κ1) is 16.9. The summed E-state index contributed by atoms with van der Waals surface area (Å²) in [6, 6.07) is 11.9. The molecule has 1 heterocycles. The van der Waals surface area contributed by atoms with Crippen LogP contribution in [-0.4, -0.2) is 45.3 Å². The Morgan fingerprint density at radius 3 is 2.46 bits per heavy atom. The third-order valence-electron chi connectivity index (χ3n) is 3.49. The second kappa shape index (κ2) is 7.30. The zero-order valence-electron chi connectivity index (χ0n) is 13.7. The van der Waals surface area contributed by atoms with E-state index in [2.05, 4.69) is 31.6 Å². The quantitative estimate of drug-likeness (QED) is 0.518. The Hall–Kier alpha value is -3.95. The number of nitrogens with zero attached hydrogens (tertiary/aromatic N) is 3. The molecule has 0 radical (unpaired) electrons. The van der Waals surface area contributed by atoms with E-state index >= 15 is 0 Å². The number of hydrazine groups is 1. The topological polar surface area (TPSA) is 132 Å². The Kier molecular flexibility index (Phi) is 4.74. The fourth-order valence-corrected chi connectivity index (χ4v) is 2.14. The first-order valence-corrected chi connectivity index (χ1v) is 7.55. The van der Waals surface area contributed by atoms with Gasteiger partial charge in [0.2, 0.25) is 0 Å². The summed E-state index contributed by atoms with van der Waals surface area (Å²) in [7, 11) is 1.29. The third-order valence-corrected chi connectivity index (χ3v) is 3.49. The number of para-hydroxylation sites is 1. The lowest BCUT2D eigenvalue weighted by Gasteiger charge is -2.17. The van der Waals surface area contributed by atoms with Gasteiger partial charge < -0.3 is 5.32 Å². The molecule has 132 valence electrons. The molecule has 0 unspecified atom stereocenters. The Labute approximate surface area is 147 Å². The van der Waals surface area contributed by atoms with Crippen molar-refractivity contribution < 1.29 is 14.4 Å². The molecule has 0 aliphatic carbocycles. The van der Waals surface area contributed by atoms with E-state index in [-0.39, 0.29) is 5.56 Å². The van der Waals surface area contributed by atoms with Crippen molar-refractivity contribution in [2.75, 3.05) is 12.4 Å². The summed E-state index contributed by atoms with van der Waals surface area (Å²) in [5, 5.41) is 12.8. The summed E-state index contributed by atoms with van der Waals surface area (Å²) in [6.45, 7) is 0. The Morgan fingerprint density at radius 2 is 1.69 bits per heavy atom. The number of carbonyl (C=O) groups is 3. The maximum atomic E-state index is 12.4. The molecule has 3 aromatic rings. The monoisotopic (exact) mass is 353 g/mol. The van der Waals surface area contributed by atoms with Crippen molar-refractivity contribution in [1.29, 1.82) is 0 Å². The maximum Gasteiger partial charge on any atom is 0.342 e. The zero-order chi connectivity index (χ0) is 18.5. The standard InChI is InChI=1S/C16H15N7O3/c1-23(14(24)10-7-8-12-13(9-10)19-22-18-12)16(26)21-20-15(25)17-11-5-3-2-4-6-11/h2-9H,1H3,(H,21,26)(H2,17,20,25)(H,18,19,22). The van der Waals surface area contributed by atoms with Crippen LogP contribution in [-0.2, 0) is 0 Å². The van der Waals surface area contributed by atoms with Gasteiger partial charge in [-0.05, 0) is 30.3 Å². The van der Waals surface area contributed by atoms with Gasteiger partial charge in [-0.15, -0.1) is 0 Å². The van der Waals surface area contributed by atoms with Crippen LogP contribution in [0.1, 0.15) is 10.4 Å². The molecule has 10 nitrogen and oxygen atoms in total. The van der Waals surface area contributed by atoms with E-state index in [9.17, 15) is 14.4 Å². The summed E-state index contributed by atoms with van der Waals surface area (Å²) in [5.74, 6) is -0.558. The molecule has 0 atom stereocenters. The molecule has 26 heavy (non-hydrogen) atoms. The molecule has 5 amide bonds. The molecule has 0 spiro atoms. The molecular weight excluding hydrogens is 338 g/mol. The van der Waals surface area contributed by atoms with Gasteiger partial charge in [0.15, 0.2) is 0 Å². The van der Waals surface area contributed by atoms with Gasteiger partial charge in [-0.3, -0.25) is 9.69 Å². The van der Waals surface area contributed by atoms with Gasteiger partial charge in [-0.2, -0.15) is 15.4 Å². The predicted molar refractivity (Wildman–Crippen MR) is 93.1 cm³/mol. The van der Waals surface area contributed by atoms with E-state index in [1.807, 2.05) is 6.07 Å². The van der Waals surface area contributed by atoms with Crippen molar-refractivity contribution in [3.63, 3.8) is 0 Å². The number of urea groups is 2. The first-order chi connectivity index (χ1) is 12.5. The first-order valence-electron chi connectivity index (χ1n) is 7.55. The van der Waals surface area contributed by atoms with Crippen molar-refractivity contribution >= 4 is 34.7 Å². The minimum Gasteiger partial charge on any atom is -0.307 e. The van der Waals surface area contributed by atoms with Gasteiger partial charge in [0.25, 0.3) is 5.91 Å². The van der Waals surface area contributed by atoms with Crippen LogP contribution in [0.15, 0.2) is 48.5 Å². The smallest absolute Gasteiger partial charge is 0.307 e. The number of imide groups is 1. The van der Waals surface area contributed by atoms with Gasteiger partial charge in [0.05, 0.1) is 0 Å². The van der Waals surface area contributed by atoms with Gasteiger partial charge in [0, 0.05) is 18.3 Å². The number of hydrogen-bond acceptors (Lipinski definition) is 5. The molecule has 0 saturated heterocycles. The third kappa shape index (κ3) is 3.75. The fourth-order valence-electron chi connectivity index (χ4n) is 2.14. The lowest BCUT2D eigenvalue weighted by atomic mass is 10.2. The molecule has 2 aromatic carbocycles. The number of benzene rings is 2. The van der Waals surface area contributed by atoms with E-state index in [0.29, 0.717) is 16.7 Å². The van der Waals surface area contributed by atoms with Crippen molar-refractivity contribution in [2.24, 2.45) is 0 Å². The van der Waals surface area contributed by atoms with Crippen molar-refractivity contribution in [3.8, 4) is 0 Å². The fraction of sp³-hybridized carbons (Fsp3) is 0.0625. The summed E-state index contributed by atoms with van der Waals surface area (Å²) in [6.07, 6.45) is 0. The number of H-pyrrole nitrogens is 1. The van der Waals surface area contributed by atoms with Gasteiger partial charge in [-0.1, -0.05) is 18.2 Å². The lowest BCUT2D eigenvalue weighted by Crippen LogP contribution is -2.50. The molecule has 0 fully saturated rings. The number of anilines is 1. The Bertz CT molecular complexity index is 955. The highest BCUT2D eigenvalue weighted by Gasteiger charge is 2.19. The lowest BCUT2D eigenvalue weighted by molar-refractivity contribution is 0.0829. The Morgan fingerprint density at radius 1 is 0.962 bits per heavy atom. The molecule has 1 aromatic heterocycles. The number of amides is 5. The van der Waals surface area contributed by atoms with E-state index in [1.165, 1.54) is 19.2 Å². The maximum absolute atomic E-state index is 12.4. The molecule has 3 rings (SSSR count). The predicted octanol–water partition coefficient (Wildman–Crippen LogP) is 1.48. The van der Waals surface area contributed by atoms with Crippen molar-refractivity contribution in [3.05, 3.63) is 54.1 Å². The van der Waals surface area contributed by atoms with E-state index in [1.54, 1.807) is 30.3 Å². The highest BCUT2D eigenvalue weighted by atomic mass is 16.2. The van der Waals surface area contributed by atoms with E-state index in [4.69, 9.17) is 0 Å². The largest absolute Gasteiger partial charge is 0.342 e. The summed E-state index contributed by atoms with van der Waals surface area (Å²) < 4.78 is 0. The Balaban J connectivity index is 1.56. The molecule has 0 aliphatic heterocycles. The van der Waals surface area contributed by atoms with E-state index in [0.717, 1.165) is 4.90 Å². The number of rotatable bonds is 2. The second-order valence-electron chi connectivity index (χ2n) is 5.27. The van der Waals surface area contributed by atoms with Crippen LogP contribution in [0, 0.1) is 0 Å². The number of aromatic amines is 1. The van der Waals surface area contributed by atoms with Crippen molar-refractivity contribution in [1.82, 2.24) is 31.2 Å². The average Bonchev–Trinajstić information content (AvgIpc) is 3.13. The van der Waals surface area contributed by atoms with Crippen LogP contribution in [0.5, 0.6) is 0 Å². The van der Waals surface area contributed by atoms with Crippen LogP contribution >= 0.6 is 0 Å². The minimum atomic E-state index is -0.793. The minimum absolute atomic E-state index is 0.262. The zero-order valence-corrected chi connectivity index (χ0v) is 13.7. The number of nitrogens with one attached hydrogen (secondary N) is 4.